The van der Waals surface area contributed by atoms with E-state index in [2.05, 4.69) is 4.98 Å². The highest BCUT2D eigenvalue weighted by Crippen LogP contribution is 2.52. The molecule has 6 nitrogen and oxygen atoms in total. The lowest BCUT2D eigenvalue weighted by molar-refractivity contribution is -0.387. The molecule has 0 radical (unpaired) electrons. The van der Waals surface area contributed by atoms with Crippen molar-refractivity contribution >= 4 is 10.0 Å². The topological polar surface area (TPSA) is 75.4 Å². The molecule has 0 aromatic carbocycles. The van der Waals surface area contributed by atoms with Gasteiger partial charge < -0.3 is 9.67 Å². The first kappa shape index (κ1) is 26.7. The fourth-order valence-corrected chi connectivity index (χ4v) is 5.46. The summed E-state index contributed by atoms with van der Waals surface area (Å²) in [5, 5.41) is 8.79. The van der Waals surface area contributed by atoms with Crippen molar-refractivity contribution in [2.45, 2.75) is 67.8 Å². The van der Waals surface area contributed by atoms with Gasteiger partial charge in [0.15, 0.2) is 5.03 Å². The van der Waals surface area contributed by atoms with Gasteiger partial charge in [-0.15, -0.1) is 0 Å². The number of imidazole rings is 1. The number of alkyl halides is 9. The number of sulfonamides is 1. The van der Waals surface area contributed by atoms with Crippen LogP contribution in [0.4, 0.5) is 39.5 Å². The second kappa shape index (κ2) is 8.34. The van der Waals surface area contributed by atoms with Crippen molar-refractivity contribution in [3.63, 3.8) is 0 Å². The fourth-order valence-electron chi connectivity index (χ4n) is 3.76. The molecule has 1 saturated carbocycles. The zero-order valence-corrected chi connectivity index (χ0v) is 17.5. The van der Waals surface area contributed by atoms with Gasteiger partial charge in [-0.3, -0.25) is 0 Å². The summed E-state index contributed by atoms with van der Waals surface area (Å²) in [4.78, 5) is 3.67. The molecule has 1 aliphatic rings. The second-order valence-corrected chi connectivity index (χ2v) is 9.51. The third-order valence-electron chi connectivity index (χ3n) is 5.55. The molecule has 0 amide bonds. The normalized spacial score (nSPS) is 21.9. The summed E-state index contributed by atoms with van der Waals surface area (Å²) >= 11 is 0. The molecule has 0 aliphatic heterocycles. The molecule has 1 aliphatic carbocycles. The highest BCUT2D eigenvalue weighted by atomic mass is 32.2. The van der Waals surface area contributed by atoms with Crippen LogP contribution < -0.4 is 0 Å². The van der Waals surface area contributed by atoms with Crippen molar-refractivity contribution in [3.8, 4) is 0 Å². The smallest absolute Gasteiger partial charge is 0.373 e. The molecule has 1 aromatic rings. The summed E-state index contributed by atoms with van der Waals surface area (Å²) < 4.78 is 145. The van der Waals surface area contributed by atoms with Gasteiger partial charge in [-0.1, -0.05) is 0 Å². The van der Waals surface area contributed by atoms with Crippen LogP contribution in [0.2, 0.25) is 0 Å². The molecule has 0 saturated heterocycles. The Kier molecular flexibility index (Phi) is 6.96. The number of rotatable bonds is 5. The number of aliphatic hydroxyl groups is 1. The molecule has 0 atom stereocenters. The van der Waals surface area contributed by atoms with Gasteiger partial charge in [-0.25, -0.2) is 13.4 Å². The van der Waals surface area contributed by atoms with Gasteiger partial charge in [0.2, 0.25) is 0 Å². The Labute approximate surface area is 177 Å². The molecule has 1 aromatic heterocycles. The lowest BCUT2D eigenvalue weighted by Gasteiger charge is -2.43. The Balaban J connectivity index is 2.36. The summed E-state index contributed by atoms with van der Waals surface area (Å²) in [5.41, 5.74) is -5.06. The number of hydrogen-bond acceptors (Lipinski definition) is 4. The van der Waals surface area contributed by atoms with Crippen LogP contribution in [0.25, 0.3) is 0 Å². The van der Waals surface area contributed by atoms with Crippen molar-refractivity contribution < 1.29 is 53.0 Å². The predicted molar refractivity (Wildman–Crippen MR) is 90.7 cm³/mol. The molecular weight excluding hydrogens is 485 g/mol. The van der Waals surface area contributed by atoms with Crippen molar-refractivity contribution in [2.75, 3.05) is 6.54 Å². The maximum Gasteiger partial charge on any atom is 0.426 e. The molecule has 0 unspecified atom stereocenters. The minimum absolute atomic E-state index is 0.00518. The van der Waals surface area contributed by atoms with Crippen LogP contribution in [0.3, 0.4) is 0 Å². The van der Waals surface area contributed by atoms with Gasteiger partial charge in [0, 0.05) is 25.2 Å². The van der Waals surface area contributed by atoms with Crippen LogP contribution in [-0.4, -0.2) is 64.1 Å². The Morgan fingerprint density at radius 2 is 1.50 bits per heavy atom. The summed E-state index contributed by atoms with van der Waals surface area (Å²) in [6.45, 7) is -0.615. The standard InChI is InChI=1S/C16H20F9N3O3S/c1-9-26-12(7-27(9)2)32(30,31)28(8-13(17,18)19)11-5-3-10(4-6-11)14(29,15(20,21)22)16(23,24)25/h7,10-11,29H,3-6,8H2,1-2H3. The van der Waals surface area contributed by atoms with Crippen molar-refractivity contribution in [2.24, 2.45) is 13.0 Å². The lowest BCUT2D eigenvalue weighted by Crippen LogP contribution is -2.62. The van der Waals surface area contributed by atoms with E-state index < -0.39 is 83.4 Å². The number of aryl methyl sites for hydroxylation is 2. The summed E-state index contributed by atoms with van der Waals surface area (Å²) in [6.07, 6.45) is -19.7. The van der Waals surface area contributed by atoms with Gasteiger partial charge in [0.05, 0.1) is 0 Å². The van der Waals surface area contributed by atoms with Gasteiger partial charge in [0.25, 0.3) is 15.6 Å². The largest absolute Gasteiger partial charge is 0.426 e. The summed E-state index contributed by atoms with van der Waals surface area (Å²) in [5.74, 6) is -2.24. The molecule has 1 fully saturated rings. The molecule has 0 bridgehead atoms. The zero-order chi connectivity index (χ0) is 24.9. The summed E-state index contributed by atoms with van der Waals surface area (Å²) in [6, 6.07) is -1.54. The van der Waals surface area contributed by atoms with E-state index in [1.807, 2.05) is 0 Å². The molecule has 0 spiro atoms. The maximum absolute atomic E-state index is 13.1. The second-order valence-electron chi connectivity index (χ2n) is 7.67. The minimum Gasteiger partial charge on any atom is -0.373 e. The van der Waals surface area contributed by atoms with Gasteiger partial charge in [-0.05, 0) is 32.6 Å². The maximum atomic E-state index is 13.1. The van der Waals surface area contributed by atoms with Crippen LogP contribution in [0.1, 0.15) is 31.5 Å². The number of hydrogen-bond donors (Lipinski definition) is 1. The average molecular weight is 505 g/mol. The molecule has 1 N–H and O–H groups in total. The van der Waals surface area contributed by atoms with E-state index >= 15 is 0 Å². The van der Waals surface area contributed by atoms with Crippen LogP contribution in [-0.2, 0) is 17.1 Å². The highest BCUT2D eigenvalue weighted by molar-refractivity contribution is 7.89. The zero-order valence-electron chi connectivity index (χ0n) is 16.7. The van der Waals surface area contributed by atoms with Crippen molar-refractivity contribution in [1.82, 2.24) is 13.9 Å². The molecular formula is C16H20F9N3O3S. The Morgan fingerprint density at radius 3 is 1.84 bits per heavy atom. The van der Waals surface area contributed by atoms with Gasteiger partial charge in [-0.2, -0.15) is 43.8 Å². The van der Waals surface area contributed by atoms with Gasteiger partial charge >= 0.3 is 18.5 Å². The van der Waals surface area contributed by atoms with E-state index in [1.165, 1.54) is 18.5 Å². The van der Waals surface area contributed by atoms with E-state index in [1.54, 1.807) is 0 Å². The quantitative estimate of drug-likeness (QED) is 0.620. The van der Waals surface area contributed by atoms with Crippen LogP contribution in [0, 0.1) is 12.8 Å². The molecule has 16 heteroatoms. The average Bonchev–Trinajstić information content (AvgIpc) is 2.96. The van der Waals surface area contributed by atoms with Crippen molar-refractivity contribution in [1.29, 1.82) is 0 Å². The minimum atomic E-state index is -6.08. The summed E-state index contributed by atoms with van der Waals surface area (Å²) in [7, 11) is -3.49. The van der Waals surface area contributed by atoms with Crippen LogP contribution in [0.15, 0.2) is 11.2 Å². The first-order valence-electron chi connectivity index (χ1n) is 9.16. The van der Waals surface area contributed by atoms with Crippen LogP contribution in [0.5, 0.6) is 0 Å². The first-order valence-corrected chi connectivity index (χ1v) is 10.6. The lowest BCUT2D eigenvalue weighted by atomic mass is 9.74. The molecule has 1 heterocycles. The van der Waals surface area contributed by atoms with E-state index in [-0.39, 0.29) is 10.1 Å². The van der Waals surface area contributed by atoms with E-state index in [9.17, 15) is 53.0 Å². The van der Waals surface area contributed by atoms with E-state index in [0.717, 1.165) is 6.20 Å². The molecule has 2 rings (SSSR count). The predicted octanol–water partition coefficient (Wildman–Crippen LogP) is 3.70. The molecule has 32 heavy (non-hydrogen) atoms. The third-order valence-corrected chi connectivity index (χ3v) is 7.32. The Hall–Kier alpha value is -1.55. The van der Waals surface area contributed by atoms with E-state index in [4.69, 9.17) is 0 Å². The SMILES string of the molecule is Cc1nc(S(=O)(=O)N(CC(F)(F)F)C2CCC(C(O)(C(F)(F)F)C(F)(F)F)CC2)cn1C. The van der Waals surface area contributed by atoms with Crippen molar-refractivity contribution in [3.05, 3.63) is 12.0 Å². The van der Waals surface area contributed by atoms with Crippen LogP contribution >= 0.6 is 0 Å². The first-order chi connectivity index (χ1) is 14.2. The Morgan fingerprint density at radius 1 is 1.03 bits per heavy atom. The number of halogens is 9. The number of nitrogens with zero attached hydrogens (tertiary/aromatic N) is 3. The molecule has 186 valence electrons. The fraction of sp³-hybridized carbons (Fsp3) is 0.812. The van der Waals surface area contributed by atoms with Gasteiger partial charge in [0.1, 0.15) is 12.4 Å². The monoisotopic (exact) mass is 505 g/mol. The van der Waals surface area contributed by atoms with E-state index in [0.29, 0.717) is 0 Å². The third kappa shape index (κ3) is 5.00. The Bertz CT molecular complexity index is 880. The highest BCUT2D eigenvalue weighted by Gasteiger charge is 2.73. The number of aromatic nitrogens is 2.